The van der Waals surface area contributed by atoms with E-state index in [1.54, 1.807) is 12.1 Å². The molecule has 2 N–H and O–H groups in total. The van der Waals surface area contributed by atoms with Gasteiger partial charge in [0.25, 0.3) is 5.91 Å². The normalized spacial score (nSPS) is 10.4. The maximum atomic E-state index is 12.1. The number of hydrogen-bond donors (Lipinski definition) is 2. The zero-order valence-electron chi connectivity index (χ0n) is 12.7. The summed E-state index contributed by atoms with van der Waals surface area (Å²) in [5.41, 5.74) is 2.44. The van der Waals surface area contributed by atoms with Crippen LogP contribution < -0.4 is 5.32 Å². The first-order valence-corrected chi connectivity index (χ1v) is 7.42. The van der Waals surface area contributed by atoms with Crippen molar-refractivity contribution in [3.8, 4) is 5.75 Å². The standard InChI is InChI=1S/C18H21NO3/c1-2-22-11-10-19-18(21)16-13-15(8-9-17(16)20)12-14-6-4-3-5-7-14/h3-9,13,20H,2,10-12H2,1H3,(H,19,21). The monoisotopic (exact) mass is 299 g/mol. The molecule has 0 aliphatic rings. The summed E-state index contributed by atoms with van der Waals surface area (Å²) in [6.07, 6.45) is 0.723. The van der Waals surface area contributed by atoms with Gasteiger partial charge in [0.05, 0.1) is 12.2 Å². The minimum atomic E-state index is -0.285. The molecule has 4 nitrogen and oxygen atoms in total. The third-order valence-electron chi connectivity index (χ3n) is 3.29. The van der Waals surface area contributed by atoms with Gasteiger partial charge in [-0.3, -0.25) is 4.79 Å². The smallest absolute Gasteiger partial charge is 0.255 e. The van der Waals surface area contributed by atoms with Crippen molar-refractivity contribution in [3.05, 3.63) is 65.2 Å². The highest BCUT2D eigenvalue weighted by Gasteiger charge is 2.11. The van der Waals surface area contributed by atoms with Crippen molar-refractivity contribution in [1.82, 2.24) is 5.32 Å². The molecular formula is C18H21NO3. The van der Waals surface area contributed by atoms with Crippen LogP contribution >= 0.6 is 0 Å². The molecule has 2 aromatic carbocycles. The molecule has 0 saturated heterocycles. The highest BCUT2D eigenvalue weighted by atomic mass is 16.5. The zero-order valence-corrected chi connectivity index (χ0v) is 12.7. The summed E-state index contributed by atoms with van der Waals surface area (Å²) in [6.45, 7) is 3.41. The lowest BCUT2D eigenvalue weighted by molar-refractivity contribution is 0.0920. The average Bonchev–Trinajstić information content (AvgIpc) is 2.54. The molecule has 0 aliphatic heterocycles. The molecule has 0 aliphatic carbocycles. The highest BCUT2D eigenvalue weighted by molar-refractivity contribution is 5.97. The van der Waals surface area contributed by atoms with Gasteiger partial charge in [-0.25, -0.2) is 0 Å². The van der Waals surface area contributed by atoms with Crippen molar-refractivity contribution < 1.29 is 14.6 Å². The molecule has 4 heteroatoms. The van der Waals surface area contributed by atoms with E-state index in [1.807, 2.05) is 43.3 Å². The lowest BCUT2D eigenvalue weighted by atomic mass is 10.0. The molecular weight excluding hydrogens is 278 g/mol. The molecule has 0 saturated carbocycles. The van der Waals surface area contributed by atoms with E-state index < -0.39 is 0 Å². The second-order valence-electron chi connectivity index (χ2n) is 4.97. The number of hydrogen-bond acceptors (Lipinski definition) is 3. The Bertz CT molecular complexity index is 611. The van der Waals surface area contributed by atoms with E-state index in [1.165, 1.54) is 0 Å². The highest BCUT2D eigenvalue weighted by Crippen LogP contribution is 2.20. The van der Waals surface area contributed by atoms with Gasteiger partial charge in [-0.1, -0.05) is 36.4 Å². The lowest BCUT2D eigenvalue weighted by Gasteiger charge is -2.09. The molecule has 116 valence electrons. The van der Waals surface area contributed by atoms with Gasteiger partial charge in [-0.15, -0.1) is 0 Å². The van der Waals surface area contributed by atoms with Crippen molar-refractivity contribution >= 4 is 5.91 Å². The van der Waals surface area contributed by atoms with Crippen molar-refractivity contribution in [2.75, 3.05) is 19.8 Å². The third kappa shape index (κ3) is 4.60. The Morgan fingerprint density at radius 1 is 1.14 bits per heavy atom. The first kappa shape index (κ1) is 16.0. The van der Waals surface area contributed by atoms with Crippen LogP contribution in [0, 0.1) is 0 Å². The molecule has 0 atom stereocenters. The maximum absolute atomic E-state index is 12.1. The topological polar surface area (TPSA) is 58.6 Å². The molecule has 2 aromatic rings. The zero-order chi connectivity index (χ0) is 15.8. The van der Waals surface area contributed by atoms with E-state index in [4.69, 9.17) is 4.74 Å². The Hall–Kier alpha value is -2.33. The second-order valence-corrected chi connectivity index (χ2v) is 4.97. The number of phenolic OH excluding ortho intramolecular Hbond substituents is 1. The quantitative estimate of drug-likeness (QED) is 0.773. The molecule has 0 spiro atoms. The number of aromatic hydroxyl groups is 1. The molecule has 0 radical (unpaired) electrons. The minimum Gasteiger partial charge on any atom is -0.507 e. The number of amides is 1. The van der Waals surface area contributed by atoms with E-state index in [0.717, 1.165) is 17.5 Å². The van der Waals surface area contributed by atoms with Crippen molar-refractivity contribution in [2.24, 2.45) is 0 Å². The number of phenols is 1. The molecule has 22 heavy (non-hydrogen) atoms. The summed E-state index contributed by atoms with van der Waals surface area (Å²) in [7, 11) is 0. The molecule has 0 heterocycles. The van der Waals surface area contributed by atoms with Crippen LogP contribution in [0.5, 0.6) is 5.75 Å². The van der Waals surface area contributed by atoms with E-state index in [9.17, 15) is 9.90 Å². The number of carbonyl (C=O) groups is 1. The Labute approximate surface area is 130 Å². The Morgan fingerprint density at radius 2 is 1.91 bits per heavy atom. The fourth-order valence-electron chi connectivity index (χ4n) is 2.18. The first-order chi connectivity index (χ1) is 10.7. The predicted molar refractivity (Wildman–Crippen MR) is 86.2 cm³/mol. The van der Waals surface area contributed by atoms with Crippen molar-refractivity contribution in [1.29, 1.82) is 0 Å². The molecule has 0 aromatic heterocycles. The van der Waals surface area contributed by atoms with Gasteiger partial charge in [-0.2, -0.15) is 0 Å². The average molecular weight is 299 g/mol. The van der Waals surface area contributed by atoms with Crippen LogP contribution in [0.4, 0.5) is 0 Å². The van der Waals surface area contributed by atoms with Crippen LogP contribution in [0.15, 0.2) is 48.5 Å². The van der Waals surface area contributed by atoms with Gasteiger partial charge < -0.3 is 15.2 Å². The Kier molecular flexibility index (Phi) is 5.98. The van der Waals surface area contributed by atoms with Gasteiger partial charge >= 0.3 is 0 Å². The third-order valence-corrected chi connectivity index (χ3v) is 3.29. The maximum Gasteiger partial charge on any atom is 0.255 e. The van der Waals surface area contributed by atoms with Gasteiger partial charge in [0, 0.05) is 13.2 Å². The van der Waals surface area contributed by atoms with Gasteiger partial charge in [0.2, 0.25) is 0 Å². The van der Waals surface area contributed by atoms with Crippen molar-refractivity contribution in [2.45, 2.75) is 13.3 Å². The van der Waals surface area contributed by atoms with Crippen LogP contribution in [0.3, 0.4) is 0 Å². The summed E-state index contributed by atoms with van der Waals surface area (Å²) >= 11 is 0. The van der Waals surface area contributed by atoms with Crippen LogP contribution in [-0.4, -0.2) is 30.8 Å². The van der Waals surface area contributed by atoms with Crippen LogP contribution in [0.25, 0.3) is 0 Å². The first-order valence-electron chi connectivity index (χ1n) is 7.42. The van der Waals surface area contributed by atoms with E-state index in [-0.39, 0.29) is 11.7 Å². The number of rotatable bonds is 7. The van der Waals surface area contributed by atoms with Crippen LogP contribution in [-0.2, 0) is 11.2 Å². The molecule has 2 rings (SSSR count). The van der Waals surface area contributed by atoms with Crippen LogP contribution in [0.1, 0.15) is 28.4 Å². The fraction of sp³-hybridized carbons (Fsp3) is 0.278. The van der Waals surface area contributed by atoms with Gasteiger partial charge in [-0.05, 0) is 36.6 Å². The van der Waals surface area contributed by atoms with E-state index in [2.05, 4.69) is 5.32 Å². The molecule has 0 fully saturated rings. The van der Waals surface area contributed by atoms with E-state index >= 15 is 0 Å². The molecule has 0 unspecified atom stereocenters. The minimum absolute atomic E-state index is 0.00859. The summed E-state index contributed by atoms with van der Waals surface area (Å²) in [4.78, 5) is 12.1. The SMILES string of the molecule is CCOCCNC(=O)c1cc(Cc2ccccc2)ccc1O. The summed E-state index contributed by atoms with van der Waals surface area (Å²) in [5, 5.41) is 12.6. The number of benzene rings is 2. The number of ether oxygens (including phenoxy) is 1. The fourth-order valence-corrected chi connectivity index (χ4v) is 2.18. The Morgan fingerprint density at radius 3 is 2.64 bits per heavy atom. The molecule has 1 amide bonds. The van der Waals surface area contributed by atoms with Gasteiger partial charge in [0.1, 0.15) is 5.75 Å². The second kappa shape index (κ2) is 8.20. The van der Waals surface area contributed by atoms with E-state index in [0.29, 0.717) is 25.3 Å². The number of nitrogens with one attached hydrogen (secondary N) is 1. The molecule has 0 bridgehead atoms. The largest absolute Gasteiger partial charge is 0.507 e. The Balaban J connectivity index is 2.04. The predicted octanol–water partition coefficient (Wildman–Crippen LogP) is 2.75. The van der Waals surface area contributed by atoms with Crippen LogP contribution in [0.2, 0.25) is 0 Å². The van der Waals surface area contributed by atoms with Crippen molar-refractivity contribution in [3.63, 3.8) is 0 Å². The summed E-state index contributed by atoms with van der Waals surface area (Å²) in [6, 6.07) is 15.1. The number of carbonyl (C=O) groups excluding carboxylic acids is 1. The van der Waals surface area contributed by atoms with Gasteiger partial charge in [0.15, 0.2) is 0 Å². The summed E-state index contributed by atoms with van der Waals surface area (Å²) in [5.74, 6) is -0.294. The summed E-state index contributed by atoms with van der Waals surface area (Å²) < 4.78 is 5.18. The lowest BCUT2D eigenvalue weighted by Crippen LogP contribution is -2.27.